The Labute approximate surface area is 168 Å². The Hall–Kier alpha value is -3.16. The number of rotatable bonds is 5. The maximum Gasteiger partial charge on any atom is 0.311 e. The highest BCUT2D eigenvalue weighted by atomic mass is 16.5. The monoisotopic (exact) mass is 396 g/mol. The molecule has 8 nitrogen and oxygen atoms in total. The second kappa shape index (κ2) is 8.06. The number of H-pyrrole nitrogens is 1. The van der Waals surface area contributed by atoms with E-state index in [9.17, 15) is 14.4 Å². The molecule has 0 spiro atoms. The van der Waals surface area contributed by atoms with E-state index in [4.69, 9.17) is 4.74 Å². The Kier molecular flexibility index (Phi) is 5.33. The zero-order valence-corrected chi connectivity index (χ0v) is 16.3. The van der Waals surface area contributed by atoms with Gasteiger partial charge >= 0.3 is 5.97 Å². The molecule has 2 aliphatic heterocycles. The van der Waals surface area contributed by atoms with Crippen molar-refractivity contribution in [1.82, 2.24) is 20.0 Å². The second-order valence-electron chi connectivity index (χ2n) is 7.56. The predicted octanol–water partition coefficient (Wildman–Crippen LogP) is 1.32. The van der Waals surface area contributed by atoms with Crippen LogP contribution in [0.4, 0.5) is 0 Å². The van der Waals surface area contributed by atoms with E-state index in [0.29, 0.717) is 25.8 Å². The minimum Gasteiger partial charge on any atom is -0.469 e. The van der Waals surface area contributed by atoms with E-state index in [1.807, 2.05) is 30.3 Å². The van der Waals surface area contributed by atoms with Crippen LogP contribution in [0, 0.1) is 5.92 Å². The van der Waals surface area contributed by atoms with Crippen LogP contribution in [0.1, 0.15) is 30.0 Å². The molecule has 3 heterocycles. The standard InChI is InChI=1S/C21H24N4O4/c1-29-21(28)17-9-16-12-24(18(26)8-7-14-10-22-23-11-14)13-19(27)25(16)20(17)15-5-3-2-4-6-15/h2-6,10-11,16-17,20H,7-9,12-13H2,1H3,(H,22,23)/t16-,17-,20-/m0/s1. The van der Waals surface area contributed by atoms with Crippen LogP contribution >= 0.6 is 0 Å². The zero-order chi connectivity index (χ0) is 20.4. The number of hydrogen-bond acceptors (Lipinski definition) is 5. The first-order chi connectivity index (χ1) is 14.1. The number of aromatic amines is 1. The quantitative estimate of drug-likeness (QED) is 0.769. The molecule has 0 saturated carbocycles. The third kappa shape index (κ3) is 3.74. The maximum absolute atomic E-state index is 13.0. The number of fused-ring (bicyclic) bond motifs is 1. The highest BCUT2D eigenvalue weighted by molar-refractivity contribution is 5.88. The summed E-state index contributed by atoms with van der Waals surface area (Å²) in [7, 11) is 1.37. The van der Waals surface area contributed by atoms with Crippen LogP contribution in [0.25, 0.3) is 0 Å². The first-order valence-corrected chi connectivity index (χ1v) is 9.78. The van der Waals surface area contributed by atoms with Gasteiger partial charge in [0.15, 0.2) is 0 Å². The van der Waals surface area contributed by atoms with Crippen LogP contribution in [0.2, 0.25) is 0 Å². The van der Waals surface area contributed by atoms with Crippen LogP contribution in [0.3, 0.4) is 0 Å². The van der Waals surface area contributed by atoms with Gasteiger partial charge in [-0.3, -0.25) is 19.5 Å². The summed E-state index contributed by atoms with van der Waals surface area (Å²) in [5.74, 6) is -0.939. The highest BCUT2D eigenvalue weighted by Crippen LogP contribution is 2.43. The molecule has 0 bridgehead atoms. The molecule has 3 atom stereocenters. The Morgan fingerprint density at radius 1 is 1.28 bits per heavy atom. The molecule has 29 heavy (non-hydrogen) atoms. The van der Waals surface area contributed by atoms with Crippen molar-refractivity contribution in [1.29, 1.82) is 0 Å². The number of aryl methyl sites for hydroxylation is 1. The van der Waals surface area contributed by atoms with Crippen molar-refractivity contribution in [3.63, 3.8) is 0 Å². The van der Waals surface area contributed by atoms with Gasteiger partial charge in [0.05, 0.1) is 37.9 Å². The Morgan fingerprint density at radius 2 is 2.07 bits per heavy atom. The van der Waals surface area contributed by atoms with Crippen molar-refractivity contribution in [2.24, 2.45) is 5.92 Å². The Bertz CT molecular complexity index is 883. The largest absolute Gasteiger partial charge is 0.469 e. The number of carbonyl (C=O) groups is 3. The SMILES string of the molecule is COC(=O)[C@H]1C[C@H]2CN(C(=O)CCc3cn[nH]c3)CC(=O)N2[C@H]1c1ccccc1. The summed E-state index contributed by atoms with van der Waals surface area (Å²) in [5, 5.41) is 6.62. The number of esters is 1. The number of piperazine rings is 1. The van der Waals surface area contributed by atoms with Gasteiger partial charge in [0, 0.05) is 19.2 Å². The fourth-order valence-electron chi connectivity index (χ4n) is 4.48. The smallest absolute Gasteiger partial charge is 0.311 e. The fourth-order valence-corrected chi connectivity index (χ4v) is 4.48. The molecule has 2 aliphatic rings. The van der Waals surface area contributed by atoms with Crippen LogP contribution in [-0.4, -0.2) is 64.0 Å². The minimum atomic E-state index is -0.433. The number of nitrogens with one attached hydrogen (secondary N) is 1. The molecule has 8 heteroatoms. The van der Waals surface area contributed by atoms with Gasteiger partial charge in [-0.05, 0) is 24.0 Å². The Balaban J connectivity index is 1.51. The number of methoxy groups -OCH3 is 1. The number of hydrogen-bond donors (Lipinski definition) is 1. The van der Waals surface area contributed by atoms with E-state index in [-0.39, 0.29) is 36.4 Å². The van der Waals surface area contributed by atoms with E-state index in [1.54, 1.807) is 22.2 Å². The third-order valence-electron chi connectivity index (χ3n) is 5.83. The molecule has 152 valence electrons. The van der Waals surface area contributed by atoms with Crippen LogP contribution < -0.4 is 0 Å². The number of ether oxygens (including phenoxy) is 1. The molecular weight excluding hydrogens is 372 g/mol. The number of benzene rings is 1. The average Bonchev–Trinajstić information content (AvgIpc) is 3.40. The average molecular weight is 396 g/mol. The summed E-state index contributed by atoms with van der Waals surface area (Å²) in [6, 6.07) is 9.01. The molecule has 4 rings (SSSR count). The second-order valence-corrected chi connectivity index (χ2v) is 7.56. The van der Waals surface area contributed by atoms with E-state index in [1.165, 1.54) is 7.11 Å². The summed E-state index contributed by atoms with van der Waals surface area (Å²) in [5.41, 5.74) is 1.87. The number of amides is 2. The van der Waals surface area contributed by atoms with Gasteiger partial charge < -0.3 is 14.5 Å². The molecule has 0 radical (unpaired) electrons. The summed E-state index contributed by atoms with van der Waals surface area (Å²) < 4.78 is 5.02. The van der Waals surface area contributed by atoms with Crippen molar-refractivity contribution in [2.75, 3.05) is 20.2 Å². The summed E-state index contributed by atoms with van der Waals surface area (Å²) in [6.07, 6.45) is 4.84. The van der Waals surface area contributed by atoms with E-state index in [2.05, 4.69) is 10.2 Å². The lowest BCUT2D eigenvalue weighted by molar-refractivity contribution is -0.150. The molecule has 2 saturated heterocycles. The summed E-state index contributed by atoms with van der Waals surface area (Å²) >= 11 is 0. The fraction of sp³-hybridized carbons (Fsp3) is 0.429. The lowest BCUT2D eigenvalue weighted by atomic mass is 9.93. The van der Waals surface area contributed by atoms with Gasteiger partial charge in [0.25, 0.3) is 0 Å². The normalized spacial score (nSPS) is 23.8. The Morgan fingerprint density at radius 3 is 2.76 bits per heavy atom. The number of aromatic nitrogens is 2. The van der Waals surface area contributed by atoms with Crippen molar-refractivity contribution in [3.05, 3.63) is 53.9 Å². The molecule has 1 aromatic heterocycles. The topological polar surface area (TPSA) is 95.6 Å². The van der Waals surface area contributed by atoms with Crippen molar-refractivity contribution >= 4 is 17.8 Å². The highest BCUT2D eigenvalue weighted by Gasteiger charge is 2.51. The van der Waals surface area contributed by atoms with E-state index >= 15 is 0 Å². The van der Waals surface area contributed by atoms with Gasteiger partial charge in [-0.25, -0.2) is 0 Å². The van der Waals surface area contributed by atoms with Gasteiger partial charge in [0.2, 0.25) is 11.8 Å². The molecule has 2 aromatic rings. The molecule has 0 unspecified atom stereocenters. The first-order valence-electron chi connectivity index (χ1n) is 9.78. The van der Waals surface area contributed by atoms with E-state index < -0.39 is 5.92 Å². The molecular formula is C21H24N4O4. The third-order valence-corrected chi connectivity index (χ3v) is 5.83. The molecule has 0 aliphatic carbocycles. The number of nitrogens with zero attached hydrogens (tertiary/aromatic N) is 3. The van der Waals surface area contributed by atoms with Crippen molar-refractivity contribution < 1.29 is 19.1 Å². The van der Waals surface area contributed by atoms with Crippen molar-refractivity contribution in [3.8, 4) is 0 Å². The maximum atomic E-state index is 13.0. The number of carbonyl (C=O) groups excluding carboxylic acids is 3. The minimum absolute atomic E-state index is 0.0396. The summed E-state index contributed by atoms with van der Waals surface area (Å²) in [4.78, 5) is 41.6. The van der Waals surface area contributed by atoms with Gasteiger partial charge in [-0.15, -0.1) is 0 Å². The predicted molar refractivity (Wildman–Crippen MR) is 103 cm³/mol. The lowest BCUT2D eigenvalue weighted by Gasteiger charge is -2.40. The zero-order valence-electron chi connectivity index (χ0n) is 16.3. The molecule has 2 amide bonds. The van der Waals surface area contributed by atoms with Crippen LogP contribution in [0.5, 0.6) is 0 Å². The lowest BCUT2D eigenvalue weighted by Crippen LogP contribution is -2.55. The van der Waals surface area contributed by atoms with Gasteiger partial charge in [-0.2, -0.15) is 5.10 Å². The van der Waals surface area contributed by atoms with E-state index in [0.717, 1.165) is 11.1 Å². The first kappa shape index (κ1) is 19.2. The molecule has 1 aromatic carbocycles. The van der Waals surface area contributed by atoms with Crippen LogP contribution in [0.15, 0.2) is 42.7 Å². The molecule has 1 N–H and O–H groups in total. The van der Waals surface area contributed by atoms with Crippen molar-refractivity contribution in [2.45, 2.75) is 31.3 Å². The van der Waals surface area contributed by atoms with Crippen LogP contribution in [-0.2, 0) is 25.5 Å². The van der Waals surface area contributed by atoms with Gasteiger partial charge in [0.1, 0.15) is 0 Å². The molecule has 2 fully saturated rings. The summed E-state index contributed by atoms with van der Waals surface area (Å²) in [6.45, 7) is 0.477. The van der Waals surface area contributed by atoms with Gasteiger partial charge in [-0.1, -0.05) is 30.3 Å².